The summed E-state index contributed by atoms with van der Waals surface area (Å²) in [6, 6.07) is 11.0. The first-order chi connectivity index (χ1) is 12.0. The van der Waals surface area contributed by atoms with Gasteiger partial charge in [-0.3, -0.25) is 10.1 Å². The van der Waals surface area contributed by atoms with Crippen molar-refractivity contribution in [2.45, 2.75) is 6.61 Å². The number of rotatable bonds is 7. The number of nitro benzene ring substituents is 1. The number of carbonyl (C=O) groups is 1. The maximum Gasteiger partial charge on any atom is 0.331 e. The van der Waals surface area contributed by atoms with Crippen LogP contribution in [0.5, 0.6) is 11.5 Å². The third-order valence-corrected chi connectivity index (χ3v) is 3.36. The Morgan fingerprint density at radius 2 is 1.84 bits per heavy atom. The highest BCUT2D eigenvalue weighted by atomic mass is 16.6. The van der Waals surface area contributed by atoms with Gasteiger partial charge in [0, 0.05) is 23.8 Å². The number of nitrogens with zero attached hydrogens (tertiary/aromatic N) is 1. The number of nitro groups is 1. The monoisotopic (exact) mass is 343 g/mol. The van der Waals surface area contributed by atoms with E-state index in [9.17, 15) is 14.9 Å². The zero-order chi connectivity index (χ0) is 18.2. The number of methoxy groups -OCH3 is 2. The number of hydrogen-bond donors (Lipinski definition) is 0. The molecule has 0 N–H and O–H groups in total. The molecule has 0 aliphatic heterocycles. The molecule has 0 bridgehead atoms. The summed E-state index contributed by atoms with van der Waals surface area (Å²) >= 11 is 0. The number of hydrogen-bond acceptors (Lipinski definition) is 6. The van der Waals surface area contributed by atoms with Crippen LogP contribution in [0, 0.1) is 10.1 Å². The average molecular weight is 343 g/mol. The first-order valence-corrected chi connectivity index (χ1v) is 7.33. The number of non-ortho nitro benzene ring substituents is 1. The summed E-state index contributed by atoms with van der Waals surface area (Å²) in [5, 5.41) is 10.6. The van der Waals surface area contributed by atoms with Crippen LogP contribution < -0.4 is 9.47 Å². The molecule has 7 nitrogen and oxygen atoms in total. The van der Waals surface area contributed by atoms with Crippen LogP contribution in [-0.4, -0.2) is 25.1 Å². The lowest BCUT2D eigenvalue weighted by atomic mass is 10.1. The first-order valence-electron chi connectivity index (χ1n) is 7.33. The van der Waals surface area contributed by atoms with E-state index in [0.29, 0.717) is 22.6 Å². The summed E-state index contributed by atoms with van der Waals surface area (Å²) in [5.41, 5.74) is 1.32. The van der Waals surface area contributed by atoms with E-state index >= 15 is 0 Å². The third-order valence-electron chi connectivity index (χ3n) is 3.36. The van der Waals surface area contributed by atoms with Crippen molar-refractivity contribution in [2.24, 2.45) is 0 Å². The Kier molecular flexibility index (Phi) is 6.11. The van der Waals surface area contributed by atoms with Gasteiger partial charge in [-0.2, -0.15) is 0 Å². The minimum Gasteiger partial charge on any atom is -0.497 e. The molecule has 2 aromatic rings. The quantitative estimate of drug-likeness (QED) is 0.331. The molecule has 25 heavy (non-hydrogen) atoms. The van der Waals surface area contributed by atoms with E-state index in [2.05, 4.69) is 0 Å². The molecule has 0 atom stereocenters. The number of esters is 1. The van der Waals surface area contributed by atoms with Gasteiger partial charge in [-0.1, -0.05) is 0 Å². The largest absolute Gasteiger partial charge is 0.497 e. The second-order valence-corrected chi connectivity index (χ2v) is 4.97. The minimum absolute atomic E-state index is 0.0138. The fourth-order valence-corrected chi connectivity index (χ4v) is 2.04. The predicted molar refractivity (Wildman–Crippen MR) is 91.5 cm³/mol. The van der Waals surface area contributed by atoms with Crippen molar-refractivity contribution in [3.8, 4) is 11.5 Å². The van der Waals surface area contributed by atoms with Gasteiger partial charge >= 0.3 is 5.97 Å². The smallest absolute Gasteiger partial charge is 0.331 e. The van der Waals surface area contributed by atoms with E-state index in [4.69, 9.17) is 14.2 Å². The highest BCUT2D eigenvalue weighted by molar-refractivity contribution is 5.87. The molecule has 0 fully saturated rings. The maximum atomic E-state index is 11.8. The van der Waals surface area contributed by atoms with Gasteiger partial charge in [0.25, 0.3) is 5.69 Å². The van der Waals surface area contributed by atoms with Crippen LogP contribution in [0.25, 0.3) is 6.08 Å². The van der Waals surface area contributed by atoms with E-state index in [1.54, 1.807) is 43.5 Å². The van der Waals surface area contributed by atoms with Gasteiger partial charge in [0.1, 0.15) is 18.1 Å². The van der Waals surface area contributed by atoms with E-state index in [1.807, 2.05) is 0 Å². The van der Waals surface area contributed by atoms with Crippen molar-refractivity contribution < 1.29 is 23.9 Å². The van der Waals surface area contributed by atoms with Gasteiger partial charge < -0.3 is 14.2 Å². The number of carbonyl (C=O) groups excluding carboxylic acids is 1. The zero-order valence-electron chi connectivity index (χ0n) is 13.8. The Bertz CT molecular complexity index is 783. The Morgan fingerprint density at radius 3 is 2.44 bits per heavy atom. The lowest BCUT2D eigenvalue weighted by Gasteiger charge is -2.07. The molecular weight excluding hydrogens is 326 g/mol. The van der Waals surface area contributed by atoms with Crippen LogP contribution in [0.1, 0.15) is 11.1 Å². The van der Waals surface area contributed by atoms with Gasteiger partial charge in [0.2, 0.25) is 0 Å². The minimum atomic E-state index is -0.539. The van der Waals surface area contributed by atoms with Crippen molar-refractivity contribution >= 4 is 17.7 Å². The van der Waals surface area contributed by atoms with Gasteiger partial charge in [-0.05, 0) is 42.0 Å². The van der Waals surface area contributed by atoms with E-state index in [-0.39, 0.29) is 12.3 Å². The molecule has 0 radical (unpaired) electrons. The Balaban J connectivity index is 1.97. The molecule has 0 aromatic heterocycles. The van der Waals surface area contributed by atoms with Crippen molar-refractivity contribution in [2.75, 3.05) is 14.2 Å². The molecule has 7 heteroatoms. The summed E-state index contributed by atoms with van der Waals surface area (Å²) < 4.78 is 15.5. The SMILES string of the molecule is COc1ccc(OC)c(/C=C/C(=O)OCc2ccc([N+](=O)[O-])cc2)c1. The highest BCUT2D eigenvalue weighted by Crippen LogP contribution is 2.25. The van der Waals surface area contributed by atoms with E-state index < -0.39 is 10.9 Å². The molecule has 0 spiro atoms. The average Bonchev–Trinajstić information content (AvgIpc) is 2.64. The van der Waals surface area contributed by atoms with Crippen LogP contribution in [0.2, 0.25) is 0 Å². The van der Waals surface area contributed by atoms with Gasteiger partial charge in [0.05, 0.1) is 19.1 Å². The van der Waals surface area contributed by atoms with Crippen molar-refractivity contribution in [3.63, 3.8) is 0 Å². The third kappa shape index (κ3) is 5.07. The lowest BCUT2D eigenvalue weighted by Crippen LogP contribution is -2.01. The maximum absolute atomic E-state index is 11.8. The molecule has 130 valence electrons. The number of ether oxygens (including phenoxy) is 3. The van der Waals surface area contributed by atoms with Crippen molar-refractivity contribution in [3.05, 3.63) is 69.8 Å². The topological polar surface area (TPSA) is 87.9 Å². The Morgan fingerprint density at radius 1 is 1.12 bits per heavy atom. The summed E-state index contributed by atoms with van der Waals surface area (Å²) in [7, 11) is 3.08. The second-order valence-electron chi connectivity index (χ2n) is 4.97. The molecule has 2 aromatic carbocycles. The number of benzene rings is 2. The normalized spacial score (nSPS) is 10.5. The molecule has 0 saturated heterocycles. The van der Waals surface area contributed by atoms with Crippen molar-refractivity contribution in [1.29, 1.82) is 0 Å². The summed E-state index contributed by atoms with van der Waals surface area (Å²) in [4.78, 5) is 21.9. The molecule has 0 saturated carbocycles. The zero-order valence-corrected chi connectivity index (χ0v) is 13.8. The Labute approximate surface area is 144 Å². The van der Waals surface area contributed by atoms with Crippen molar-refractivity contribution in [1.82, 2.24) is 0 Å². The van der Waals surface area contributed by atoms with E-state index in [0.717, 1.165) is 0 Å². The molecule has 0 aliphatic rings. The van der Waals surface area contributed by atoms with Crippen LogP contribution >= 0.6 is 0 Å². The predicted octanol–water partition coefficient (Wildman–Crippen LogP) is 3.37. The van der Waals surface area contributed by atoms with Crippen LogP contribution in [0.3, 0.4) is 0 Å². The summed E-state index contributed by atoms with van der Waals surface area (Å²) in [5.74, 6) is 0.697. The van der Waals surface area contributed by atoms with Crippen LogP contribution in [0.4, 0.5) is 5.69 Å². The summed E-state index contributed by atoms with van der Waals surface area (Å²) in [6.45, 7) is 0.0242. The highest BCUT2D eigenvalue weighted by Gasteiger charge is 2.06. The van der Waals surface area contributed by atoms with Gasteiger partial charge in [-0.25, -0.2) is 4.79 Å². The molecule has 0 amide bonds. The molecule has 0 heterocycles. The Hall–Kier alpha value is -3.35. The van der Waals surface area contributed by atoms with E-state index in [1.165, 1.54) is 25.3 Å². The fourth-order valence-electron chi connectivity index (χ4n) is 2.04. The molecule has 0 unspecified atom stereocenters. The summed E-state index contributed by atoms with van der Waals surface area (Å²) in [6.07, 6.45) is 2.85. The fraction of sp³-hybridized carbons (Fsp3) is 0.167. The second kappa shape index (κ2) is 8.49. The van der Waals surface area contributed by atoms with Crippen LogP contribution in [-0.2, 0) is 16.1 Å². The standard InChI is InChI=1S/C18H17NO6/c1-23-16-8-9-17(24-2)14(11-16)5-10-18(20)25-12-13-3-6-15(7-4-13)19(21)22/h3-11H,12H2,1-2H3/b10-5+. The van der Waals surface area contributed by atoms with Gasteiger partial charge in [-0.15, -0.1) is 0 Å². The lowest BCUT2D eigenvalue weighted by molar-refractivity contribution is -0.384. The molecular formula is C18H17NO6. The first kappa shape index (κ1) is 18.0. The van der Waals surface area contributed by atoms with Crippen LogP contribution in [0.15, 0.2) is 48.5 Å². The molecule has 2 rings (SSSR count). The molecule has 0 aliphatic carbocycles. The van der Waals surface area contributed by atoms with Gasteiger partial charge in [0.15, 0.2) is 0 Å².